The van der Waals surface area contributed by atoms with E-state index in [1.54, 1.807) is 6.07 Å². The molecule has 0 bridgehead atoms. The van der Waals surface area contributed by atoms with Crippen LogP contribution < -0.4 is 10.1 Å². The van der Waals surface area contributed by atoms with Crippen molar-refractivity contribution in [1.29, 1.82) is 5.26 Å². The maximum absolute atomic E-state index is 10.8. The second-order valence-electron chi connectivity index (χ2n) is 8.20. The van der Waals surface area contributed by atoms with E-state index in [9.17, 15) is 9.47 Å². The third kappa shape index (κ3) is 5.47. The number of benzene rings is 2. The van der Waals surface area contributed by atoms with Crippen molar-refractivity contribution in [1.82, 2.24) is 15.5 Å². The molecule has 2 N–H and O–H groups in total. The van der Waals surface area contributed by atoms with Gasteiger partial charge in [0.15, 0.2) is 11.1 Å². The van der Waals surface area contributed by atoms with Gasteiger partial charge in [-0.2, -0.15) is 5.26 Å². The maximum Gasteiger partial charge on any atom is 0.152 e. The van der Waals surface area contributed by atoms with E-state index in [0.29, 0.717) is 24.3 Å². The third-order valence-electron chi connectivity index (χ3n) is 5.52. The molecule has 9 heteroatoms. The van der Waals surface area contributed by atoms with Gasteiger partial charge in [0.1, 0.15) is 21.8 Å². The van der Waals surface area contributed by atoms with E-state index < -0.39 is 11.1 Å². The Hall–Kier alpha value is -2.64. The van der Waals surface area contributed by atoms with E-state index in [4.69, 9.17) is 9.29 Å². The molecule has 1 heterocycles. The molecule has 0 spiro atoms. The molecule has 0 aliphatic heterocycles. The number of ether oxygens (including phenoxy) is 1. The van der Waals surface area contributed by atoms with Crippen LogP contribution in [0.3, 0.4) is 0 Å². The number of nitrogens with one attached hydrogen (secondary N) is 1. The molecule has 0 radical (unpaired) electrons. The summed E-state index contributed by atoms with van der Waals surface area (Å²) in [5.41, 5.74) is 4.97. The summed E-state index contributed by atoms with van der Waals surface area (Å²) < 4.78 is 25.5. The van der Waals surface area contributed by atoms with Crippen molar-refractivity contribution in [2.75, 3.05) is 12.3 Å². The van der Waals surface area contributed by atoms with Crippen molar-refractivity contribution in [3.8, 4) is 33.0 Å². The molecule has 7 nitrogen and oxygen atoms in total. The molecule has 2 aromatic carbocycles. The zero-order chi connectivity index (χ0) is 23.4. The van der Waals surface area contributed by atoms with Crippen LogP contribution in [0.2, 0.25) is 0 Å². The Morgan fingerprint density at radius 3 is 2.88 bits per heavy atom. The molecule has 2 atom stereocenters. The Bertz CT molecular complexity index is 1200. The van der Waals surface area contributed by atoms with Crippen LogP contribution in [-0.4, -0.2) is 37.4 Å². The Balaban J connectivity index is 1.54. The van der Waals surface area contributed by atoms with Crippen molar-refractivity contribution in [2.24, 2.45) is 0 Å². The number of nitrogens with zero attached hydrogens (tertiary/aromatic N) is 3. The van der Waals surface area contributed by atoms with Gasteiger partial charge in [0.25, 0.3) is 0 Å². The Kier molecular flexibility index (Phi) is 7.50. The van der Waals surface area contributed by atoms with Gasteiger partial charge in [-0.1, -0.05) is 29.5 Å². The van der Waals surface area contributed by atoms with Crippen LogP contribution in [0, 0.1) is 11.3 Å². The summed E-state index contributed by atoms with van der Waals surface area (Å²) in [5.74, 6) is 0.865. The molecule has 33 heavy (non-hydrogen) atoms. The average Bonchev–Trinajstić information content (AvgIpc) is 3.44. The fourth-order valence-corrected chi connectivity index (χ4v) is 5.38. The number of hydrogen-bond donors (Lipinski definition) is 2. The van der Waals surface area contributed by atoms with Crippen LogP contribution in [0.15, 0.2) is 36.4 Å². The van der Waals surface area contributed by atoms with Crippen LogP contribution in [-0.2, 0) is 17.5 Å². The van der Waals surface area contributed by atoms with Crippen LogP contribution in [0.1, 0.15) is 49.4 Å². The number of aromatic nitrogens is 2. The molecule has 0 saturated carbocycles. The van der Waals surface area contributed by atoms with E-state index in [1.807, 2.05) is 32.0 Å². The van der Waals surface area contributed by atoms with Gasteiger partial charge in [-0.15, -0.1) is 10.2 Å². The quantitative estimate of drug-likeness (QED) is 0.336. The van der Waals surface area contributed by atoms with Crippen LogP contribution in [0.25, 0.3) is 21.1 Å². The lowest BCUT2D eigenvalue weighted by molar-refractivity contribution is 0.242. The first-order chi connectivity index (χ1) is 16.0. The smallest absolute Gasteiger partial charge is 0.152 e. The van der Waals surface area contributed by atoms with Gasteiger partial charge in [0.05, 0.1) is 17.4 Å². The molecule has 1 unspecified atom stereocenters. The minimum Gasteiger partial charge on any atom is -0.490 e. The Labute approximate surface area is 200 Å². The van der Waals surface area contributed by atoms with Crippen molar-refractivity contribution in [2.45, 2.75) is 45.3 Å². The van der Waals surface area contributed by atoms with Gasteiger partial charge < -0.3 is 14.6 Å². The molecule has 1 aliphatic carbocycles. The zero-order valence-electron chi connectivity index (χ0n) is 18.6. The van der Waals surface area contributed by atoms with E-state index in [-0.39, 0.29) is 17.9 Å². The van der Waals surface area contributed by atoms with Gasteiger partial charge in [-0.25, -0.2) is 4.21 Å². The average molecular weight is 483 g/mol. The van der Waals surface area contributed by atoms with Gasteiger partial charge in [-0.3, -0.25) is 0 Å². The topological polar surface area (TPSA) is 108 Å². The van der Waals surface area contributed by atoms with Crippen molar-refractivity contribution < 1.29 is 13.5 Å². The van der Waals surface area contributed by atoms with Crippen LogP contribution in [0.4, 0.5) is 0 Å². The second-order valence-corrected chi connectivity index (χ2v) is 10.2. The van der Waals surface area contributed by atoms with E-state index in [0.717, 1.165) is 34.0 Å². The summed E-state index contributed by atoms with van der Waals surface area (Å²) in [6.45, 7) is 4.57. The normalized spacial score (nSPS) is 15.9. The van der Waals surface area contributed by atoms with Crippen LogP contribution in [0.5, 0.6) is 5.75 Å². The third-order valence-corrected chi connectivity index (χ3v) is 7.17. The first-order valence-corrected chi connectivity index (χ1v) is 13.0. The predicted molar refractivity (Wildman–Crippen MR) is 131 cm³/mol. The van der Waals surface area contributed by atoms with E-state index in [1.165, 1.54) is 22.5 Å². The monoisotopic (exact) mass is 482 g/mol. The highest BCUT2D eigenvalue weighted by molar-refractivity contribution is 7.79. The van der Waals surface area contributed by atoms with E-state index in [2.05, 4.69) is 33.7 Å². The largest absolute Gasteiger partial charge is 0.490 e. The fourth-order valence-electron chi connectivity index (χ4n) is 4.09. The van der Waals surface area contributed by atoms with Gasteiger partial charge in [-0.05, 0) is 69.0 Å². The molecule has 0 amide bonds. The molecular weight excluding hydrogens is 456 g/mol. The highest BCUT2D eigenvalue weighted by Crippen LogP contribution is 2.40. The summed E-state index contributed by atoms with van der Waals surface area (Å²) in [7, 11) is 0. The van der Waals surface area contributed by atoms with E-state index >= 15 is 0 Å². The lowest BCUT2D eigenvalue weighted by Gasteiger charge is -2.14. The highest BCUT2D eigenvalue weighted by Gasteiger charge is 2.25. The molecule has 1 aliphatic rings. The molecule has 0 fully saturated rings. The second kappa shape index (κ2) is 10.5. The highest BCUT2D eigenvalue weighted by atomic mass is 32.2. The molecule has 4 rings (SSSR count). The Morgan fingerprint density at radius 2 is 2.12 bits per heavy atom. The minimum absolute atomic E-state index is 0.00627. The first-order valence-electron chi connectivity index (χ1n) is 10.9. The molecule has 1 aromatic heterocycles. The summed E-state index contributed by atoms with van der Waals surface area (Å²) >= 11 is -0.225. The summed E-state index contributed by atoms with van der Waals surface area (Å²) in [6.07, 6.45) is 2.60. The molecule has 172 valence electrons. The van der Waals surface area contributed by atoms with Crippen molar-refractivity contribution in [3.63, 3.8) is 0 Å². The number of rotatable bonds is 9. The first kappa shape index (κ1) is 23.5. The number of fused-ring (bicyclic) bond motifs is 1. The summed E-state index contributed by atoms with van der Waals surface area (Å²) in [5, 5.41) is 23.5. The van der Waals surface area contributed by atoms with Gasteiger partial charge in [0.2, 0.25) is 0 Å². The molecular formula is C24H26N4O3S2. The van der Waals surface area contributed by atoms with Gasteiger partial charge >= 0.3 is 0 Å². The Morgan fingerprint density at radius 1 is 1.30 bits per heavy atom. The van der Waals surface area contributed by atoms with Crippen LogP contribution >= 0.6 is 11.3 Å². The lowest BCUT2D eigenvalue weighted by Crippen LogP contribution is -2.21. The molecule has 0 saturated heterocycles. The summed E-state index contributed by atoms with van der Waals surface area (Å²) in [4.78, 5) is 0. The minimum atomic E-state index is -1.74. The summed E-state index contributed by atoms with van der Waals surface area (Å²) in [6, 6.07) is 14.3. The molecule has 3 aromatic rings. The number of nitriles is 1. The zero-order valence-corrected chi connectivity index (χ0v) is 20.2. The fraction of sp³-hybridized carbons (Fsp3) is 0.375. The van der Waals surface area contributed by atoms with Crippen molar-refractivity contribution >= 4 is 22.4 Å². The van der Waals surface area contributed by atoms with Crippen molar-refractivity contribution in [3.05, 3.63) is 53.1 Å². The standard InChI is InChI=1S/C24H26N4O3S2/c1-15(2)31-22-10-7-16(13-17(22)14-25)23-27-28-24(32-23)20-6-3-5-19-18(20)8-9-21(19)26-11-4-12-33(29)30/h3,5-7,10,13,15,21,26H,4,8-9,11-12H2,1-2H3,(H,29,30)/t21-/m0/s1. The maximum atomic E-state index is 10.8. The van der Waals surface area contributed by atoms with Gasteiger partial charge in [0, 0.05) is 17.2 Å². The number of hydrogen-bond acceptors (Lipinski definition) is 7. The lowest BCUT2D eigenvalue weighted by atomic mass is 10.0. The predicted octanol–water partition coefficient (Wildman–Crippen LogP) is 4.72. The SMILES string of the molecule is CC(C)Oc1ccc(-c2nnc(-c3cccc4c3CC[C@@H]4NCCCS(=O)O)s2)cc1C#N.